The Hall–Kier alpha value is -0.120. The number of hydrogen-bond acceptors (Lipinski definition) is 3. The Morgan fingerprint density at radius 1 is 1.64 bits per heavy atom. The Labute approximate surface area is 69.1 Å². The average molecular weight is 157 g/mol. The Balaban J connectivity index is 2.41. The van der Waals surface area contributed by atoms with Crippen molar-refractivity contribution in [3.05, 3.63) is 0 Å². The molecule has 1 heterocycles. The van der Waals surface area contributed by atoms with E-state index in [1.165, 1.54) is 6.54 Å². The van der Waals surface area contributed by atoms with Crippen molar-refractivity contribution in [3.8, 4) is 0 Å². The van der Waals surface area contributed by atoms with Crippen LogP contribution in [0.15, 0.2) is 0 Å². The quantitative estimate of drug-likeness (QED) is 0.566. The van der Waals surface area contributed by atoms with E-state index in [2.05, 4.69) is 29.5 Å². The average Bonchev–Trinajstić information content (AvgIpc) is 1.86. The maximum absolute atomic E-state index is 3.52. The zero-order chi connectivity index (χ0) is 8.32. The van der Waals surface area contributed by atoms with E-state index in [9.17, 15) is 0 Å². The Morgan fingerprint density at radius 3 is 2.91 bits per heavy atom. The summed E-state index contributed by atoms with van der Waals surface area (Å²) in [5.74, 6) is 0. The molecule has 2 N–H and O–H groups in total. The van der Waals surface area contributed by atoms with Crippen molar-refractivity contribution >= 4 is 0 Å². The molecule has 11 heavy (non-hydrogen) atoms. The maximum atomic E-state index is 3.52. The van der Waals surface area contributed by atoms with E-state index in [4.69, 9.17) is 0 Å². The third kappa shape index (κ3) is 2.43. The first-order chi connectivity index (χ1) is 5.16. The summed E-state index contributed by atoms with van der Waals surface area (Å²) in [4.78, 5) is 2.37. The lowest BCUT2D eigenvalue weighted by Gasteiger charge is -2.39. The fourth-order valence-electron chi connectivity index (χ4n) is 1.79. The summed E-state index contributed by atoms with van der Waals surface area (Å²) < 4.78 is 0. The smallest absolute Gasteiger partial charge is 0.0406 e. The monoisotopic (exact) mass is 157 g/mol. The summed E-state index contributed by atoms with van der Waals surface area (Å²) in [5.41, 5.74) is 0.266. The van der Waals surface area contributed by atoms with E-state index in [-0.39, 0.29) is 5.54 Å². The number of nitrogens with one attached hydrogen (secondary N) is 2. The van der Waals surface area contributed by atoms with Gasteiger partial charge in [0.05, 0.1) is 0 Å². The molecular weight excluding hydrogens is 138 g/mol. The lowest BCUT2D eigenvalue weighted by Crippen LogP contribution is -2.61. The number of nitrogens with zero attached hydrogens (tertiary/aromatic N) is 1. The highest BCUT2D eigenvalue weighted by Crippen LogP contribution is 2.07. The van der Waals surface area contributed by atoms with E-state index >= 15 is 0 Å². The number of rotatable bonds is 2. The third-order valence-corrected chi connectivity index (χ3v) is 2.23. The van der Waals surface area contributed by atoms with Gasteiger partial charge in [-0.05, 0) is 21.0 Å². The highest BCUT2D eigenvalue weighted by molar-refractivity contribution is 4.91. The van der Waals surface area contributed by atoms with Crippen LogP contribution < -0.4 is 10.6 Å². The van der Waals surface area contributed by atoms with Gasteiger partial charge in [0.2, 0.25) is 0 Å². The normalized spacial score (nSPS) is 34.1. The lowest BCUT2D eigenvalue weighted by molar-refractivity contribution is 0.170. The van der Waals surface area contributed by atoms with Gasteiger partial charge in [-0.3, -0.25) is 0 Å². The highest BCUT2D eigenvalue weighted by atomic mass is 15.2. The molecule has 1 saturated heterocycles. The van der Waals surface area contributed by atoms with Gasteiger partial charge < -0.3 is 15.5 Å². The van der Waals surface area contributed by atoms with Crippen LogP contribution in [0, 0.1) is 0 Å². The van der Waals surface area contributed by atoms with Crippen LogP contribution in [-0.2, 0) is 0 Å². The van der Waals surface area contributed by atoms with Crippen LogP contribution in [0.5, 0.6) is 0 Å². The largest absolute Gasteiger partial charge is 0.318 e. The summed E-state index contributed by atoms with van der Waals surface area (Å²) in [6.07, 6.45) is 0. The van der Waals surface area contributed by atoms with Crippen molar-refractivity contribution in [2.24, 2.45) is 0 Å². The summed E-state index contributed by atoms with van der Waals surface area (Å²) in [6.45, 7) is 6.71. The van der Waals surface area contributed by atoms with Crippen LogP contribution in [0.4, 0.5) is 0 Å². The SMILES string of the molecule is CNCC1(C)CN(C)CCN1. The molecule has 0 amide bonds. The van der Waals surface area contributed by atoms with Gasteiger partial charge in [0, 0.05) is 31.7 Å². The topological polar surface area (TPSA) is 27.3 Å². The molecule has 1 fully saturated rings. The minimum atomic E-state index is 0.266. The van der Waals surface area contributed by atoms with Gasteiger partial charge in [-0.15, -0.1) is 0 Å². The molecule has 0 aliphatic carbocycles. The third-order valence-electron chi connectivity index (χ3n) is 2.23. The van der Waals surface area contributed by atoms with Crippen LogP contribution in [0.3, 0.4) is 0 Å². The van der Waals surface area contributed by atoms with Crippen LogP contribution in [0.25, 0.3) is 0 Å². The van der Waals surface area contributed by atoms with E-state index in [1.54, 1.807) is 0 Å². The highest BCUT2D eigenvalue weighted by Gasteiger charge is 2.27. The predicted molar refractivity (Wildman–Crippen MR) is 47.8 cm³/mol. The molecule has 66 valence electrons. The van der Waals surface area contributed by atoms with Gasteiger partial charge in [-0.25, -0.2) is 0 Å². The van der Waals surface area contributed by atoms with Crippen molar-refractivity contribution in [1.82, 2.24) is 15.5 Å². The van der Waals surface area contributed by atoms with Crippen molar-refractivity contribution in [3.63, 3.8) is 0 Å². The van der Waals surface area contributed by atoms with Gasteiger partial charge in [0.15, 0.2) is 0 Å². The molecule has 3 nitrogen and oxygen atoms in total. The molecule has 0 saturated carbocycles. The van der Waals surface area contributed by atoms with Crippen molar-refractivity contribution in [2.45, 2.75) is 12.5 Å². The molecular formula is C8H19N3. The van der Waals surface area contributed by atoms with E-state index in [0.717, 1.165) is 19.6 Å². The van der Waals surface area contributed by atoms with E-state index in [0.29, 0.717) is 0 Å². The molecule has 0 bridgehead atoms. The molecule has 1 unspecified atom stereocenters. The Bertz CT molecular complexity index is 123. The zero-order valence-electron chi connectivity index (χ0n) is 7.78. The van der Waals surface area contributed by atoms with Crippen LogP contribution in [0.1, 0.15) is 6.92 Å². The number of likely N-dealkylation sites (N-methyl/N-ethyl adjacent to an activating group) is 2. The van der Waals surface area contributed by atoms with Crippen LogP contribution in [0.2, 0.25) is 0 Å². The Morgan fingerprint density at radius 2 is 2.36 bits per heavy atom. The summed E-state index contributed by atoms with van der Waals surface area (Å²) in [6, 6.07) is 0. The standard InChI is InChI=1S/C8H19N3/c1-8(6-9-2)7-11(3)5-4-10-8/h9-10H,4-7H2,1-3H3. The second-order valence-corrected chi connectivity index (χ2v) is 3.76. The first-order valence-electron chi connectivity index (χ1n) is 4.24. The van der Waals surface area contributed by atoms with Crippen molar-refractivity contribution < 1.29 is 0 Å². The zero-order valence-corrected chi connectivity index (χ0v) is 7.78. The van der Waals surface area contributed by atoms with Crippen LogP contribution in [-0.4, -0.2) is 50.7 Å². The molecule has 1 aliphatic heterocycles. The minimum Gasteiger partial charge on any atom is -0.318 e. The van der Waals surface area contributed by atoms with Gasteiger partial charge >= 0.3 is 0 Å². The van der Waals surface area contributed by atoms with Gasteiger partial charge in [-0.2, -0.15) is 0 Å². The molecule has 0 aromatic rings. The summed E-state index contributed by atoms with van der Waals surface area (Å²) in [7, 11) is 4.18. The van der Waals surface area contributed by atoms with E-state index < -0.39 is 0 Å². The molecule has 0 aromatic carbocycles. The molecule has 3 heteroatoms. The summed E-state index contributed by atoms with van der Waals surface area (Å²) >= 11 is 0. The van der Waals surface area contributed by atoms with Crippen molar-refractivity contribution in [1.29, 1.82) is 0 Å². The van der Waals surface area contributed by atoms with Gasteiger partial charge in [-0.1, -0.05) is 0 Å². The molecule has 1 atom stereocenters. The van der Waals surface area contributed by atoms with Crippen LogP contribution >= 0.6 is 0 Å². The second kappa shape index (κ2) is 3.52. The first-order valence-corrected chi connectivity index (χ1v) is 4.24. The maximum Gasteiger partial charge on any atom is 0.0406 e. The van der Waals surface area contributed by atoms with E-state index in [1.807, 2.05) is 7.05 Å². The Kier molecular flexibility index (Phi) is 2.87. The molecule has 0 aromatic heterocycles. The van der Waals surface area contributed by atoms with Crippen molar-refractivity contribution in [2.75, 3.05) is 40.3 Å². The number of piperazine rings is 1. The van der Waals surface area contributed by atoms with Gasteiger partial charge in [0.1, 0.15) is 0 Å². The molecule has 0 radical (unpaired) electrons. The summed E-state index contributed by atoms with van der Waals surface area (Å²) in [5, 5.41) is 6.73. The lowest BCUT2D eigenvalue weighted by atomic mass is 10.00. The molecule has 0 spiro atoms. The second-order valence-electron chi connectivity index (χ2n) is 3.76. The predicted octanol–water partition coefficient (Wildman–Crippen LogP) is -0.500. The fraction of sp³-hybridized carbons (Fsp3) is 1.00. The molecule has 1 rings (SSSR count). The minimum absolute atomic E-state index is 0.266. The first kappa shape index (κ1) is 8.97. The fourth-order valence-corrected chi connectivity index (χ4v) is 1.79. The molecule has 1 aliphatic rings. The number of hydrogen-bond donors (Lipinski definition) is 2. The van der Waals surface area contributed by atoms with Gasteiger partial charge in [0.25, 0.3) is 0 Å².